The van der Waals surface area contributed by atoms with E-state index in [9.17, 15) is 4.39 Å². The molecule has 0 saturated heterocycles. The first-order valence-electron chi connectivity index (χ1n) is 8.14. The van der Waals surface area contributed by atoms with Gasteiger partial charge < -0.3 is 0 Å². The largest absolute Gasteiger partial charge is 0.207 e. The molecule has 0 spiro atoms. The summed E-state index contributed by atoms with van der Waals surface area (Å²) in [4.78, 5) is 0. The lowest BCUT2D eigenvalue weighted by Crippen LogP contribution is -1.78. The number of halogens is 1. The molecule has 0 aliphatic heterocycles. The van der Waals surface area contributed by atoms with Crippen LogP contribution in [0.1, 0.15) is 26.3 Å². The average molecular weight is 308 g/mol. The van der Waals surface area contributed by atoms with Crippen LogP contribution in [0.2, 0.25) is 0 Å². The van der Waals surface area contributed by atoms with Crippen molar-refractivity contribution >= 4 is 0 Å². The molecule has 3 aromatic carbocycles. The molecular weight excluding hydrogens is 283 g/mol. The minimum atomic E-state index is -0.160. The standard InChI is InChI=1S/C12H10.C8H9F.C2H6/c1-3-7-11(8-4-1)12-9-5-2-6-10-12;1-2-7-3-5-8(9)6-4-7;1-2/h1-10H;3-6H,2H2,1H3;1-2H3. The molecular formula is C22H25F. The van der Waals surface area contributed by atoms with Gasteiger partial charge in [0.25, 0.3) is 0 Å². The molecule has 23 heavy (non-hydrogen) atoms. The van der Waals surface area contributed by atoms with Gasteiger partial charge in [0.1, 0.15) is 5.82 Å². The maximum atomic E-state index is 12.2. The second kappa shape index (κ2) is 11.2. The van der Waals surface area contributed by atoms with Gasteiger partial charge in [-0.3, -0.25) is 0 Å². The van der Waals surface area contributed by atoms with Crippen LogP contribution in [0.4, 0.5) is 4.39 Å². The smallest absolute Gasteiger partial charge is 0.123 e. The summed E-state index contributed by atoms with van der Waals surface area (Å²) in [6, 6.07) is 27.4. The summed E-state index contributed by atoms with van der Waals surface area (Å²) >= 11 is 0. The normalized spacial score (nSPS) is 9.04. The Morgan fingerprint density at radius 1 is 0.609 bits per heavy atom. The highest BCUT2D eigenvalue weighted by Gasteiger charge is 1.91. The Balaban J connectivity index is 0.000000215. The summed E-state index contributed by atoms with van der Waals surface area (Å²) in [7, 11) is 0. The number of benzene rings is 3. The van der Waals surface area contributed by atoms with E-state index in [1.165, 1.54) is 28.8 Å². The fourth-order valence-electron chi connectivity index (χ4n) is 1.98. The Morgan fingerprint density at radius 3 is 1.35 bits per heavy atom. The maximum Gasteiger partial charge on any atom is 0.123 e. The van der Waals surface area contributed by atoms with Crippen molar-refractivity contribution in [2.45, 2.75) is 27.2 Å². The molecule has 0 unspecified atom stereocenters. The molecule has 120 valence electrons. The van der Waals surface area contributed by atoms with Gasteiger partial charge in [0.15, 0.2) is 0 Å². The second-order valence-corrected chi connectivity index (χ2v) is 4.71. The van der Waals surface area contributed by atoms with Gasteiger partial charge in [-0.05, 0) is 35.2 Å². The predicted molar refractivity (Wildman–Crippen MR) is 99.0 cm³/mol. The van der Waals surface area contributed by atoms with E-state index in [4.69, 9.17) is 0 Å². The Morgan fingerprint density at radius 2 is 1.00 bits per heavy atom. The third-order valence-electron chi connectivity index (χ3n) is 3.20. The highest BCUT2D eigenvalue weighted by atomic mass is 19.1. The third kappa shape index (κ3) is 6.92. The Kier molecular flexibility index (Phi) is 9.07. The molecule has 3 rings (SSSR count). The topological polar surface area (TPSA) is 0 Å². The third-order valence-corrected chi connectivity index (χ3v) is 3.20. The zero-order chi connectivity index (χ0) is 16.9. The van der Waals surface area contributed by atoms with E-state index in [-0.39, 0.29) is 5.82 Å². The molecule has 0 radical (unpaired) electrons. The van der Waals surface area contributed by atoms with Gasteiger partial charge in [-0.15, -0.1) is 0 Å². The van der Waals surface area contributed by atoms with Crippen LogP contribution in [0.5, 0.6) is 0 Å². The van der Waals surface area contributed by atoms with Crippen molar-refractivity contribution in [1.29, 1.82) is 0 Å². The van der Waals surface area contributed by atoms with Gasteiger partial charge in [0, 0.05) is 0 Å². The number of hydrogen-bond acceptors (Lipinski definition) is 0. The van der Waals surface area contributed by atoms with Crippen molar-refractivity contribution in [3.63, 3.8) is 0 Å². The molecule has 0 aliphatic rings. The molecule has 1 heteroatoms. The lowest BCUT2D eigenvalue weighted by molar-refractivity contribution is 0.627. The van der Waals surface area contributed by atoms with E-state index in [1.807, 2.05) is 32.9 Å². The monoisotopic (exact) mass is 308 g/mol. The Labute approximate surface area is 139 Å². The first-order chi connectivity index (χ1) is 11.3. The van der Waals surface area contributed by atoms with Crippen LogP contribution >= 0.6 is 0 Å². The van der Waals surface area contributed by atoms with Crippen LogP contribution < -0.4 is 0 Å². The summed E-state index contributed by atoms with van der Waals surface area (Å²) in [5.74, 6) is -0.160. The van der Waals surface area contributed by atoms with Crippen LogP contribution in [0.3, 0.4) is 0 Å². The molecule has 0 N–H and O–H groups in total. The van der Waals surface area contributed by atoms with Crippen LogP contribution in [0, 0.1) is 5.82 Å². The Bertz CT molecular complexity index is 590. The quantitative estimate of drug-likeness (QED) is 0.490. The zero-order valence-corrected chi connectivity index (χ0v) is 14.2. The van der Waals surface area contributed by atoms with Gasteiger partial charge >= 0.3 is 0 Å². The van der Waals surface area contributed by atoms with Crippen LogP contribution in [-0.2, 0) is 6.42 Å². The minimum Gasteiger partial charge on any atom is -0.207 e. The van der Waals surface area contributed by atoms with Crippen LogP contribution in [0.15, 0.2) is 84.9 Å². The van der Waals surface area contributed by atoms with Crippen molar-refractivity contribution in [3.8, 4) is 11.1 Å². The maximum absolute atomic E-state index is 12.2. The molecule has 0 atom stereocenters. The van der Waals surface area contributed by atoms with Gasteiger partial charge in [0.2, 0.25) is 0 Å². The zero-order valence-electron chi connectivity index (χ0n) is 14.2. The highest BCUT2D eigenvalue weighted by molar-refractivity contribution is 5.62. The van der Waals surface area contributed by atoms with E-state index < -0.39 is 0 Å². The number of hydrogen-bond donors (Lipinski definition) is 0. The number of aryl methyl sites for hydroxylation is 1. The first kappa shape index (κ1) is 18.6. The van der Waals surface area contributed by atoms with Crippen molar-refractivity contribution in [1.82, 2.24) is 0 Å². The summed E-state index contributed by atoms with van der Waals surface area (Å²) in [5, 5.41) is 0. The molecule has 0 nitrogen and oxygen atoms in total. The van der Waals surface area contributed by atoms with Gasteiger partial charge in [-0.1, -0.05) is 93.6 Å². The van der Waals surface area contributed by atoms with Gasteiger partial charge in [-0.25, -0.2) is 4.39 Å². The van der Waals surface area contributed by atoms with Crippen molar-refractivity contribution in [2.24, 2.45) is 0 Å². The summed E-state index contributed by atoms with van der Waals surface area (Å²) in [6.07, 6.45) is 0.972. The average Bonchev–Trinajstić information content (AvgIpc) is 2.66. The fraction of sp³-hybridized carbons (Fsp3) is 0.182. The van der Waals surface area contributed by atoms with E-state index in [0.29, 0.717) is 0 Å². The molecule has 0 aliphatic carbocycles. The number of rotatable bonds is 2. The lowest BCUT2D eigenvalue weighted by atomic mass is 10.1. The van der Waals surface area contributed by atoms with Gasteiger partial charge in [0.05, 0.1) is 0 Å². The van der Waals surface area contributed by atoms with Crippen LogP contribution in [-0.4, -0.2) is 0 Å². The van der Waals surface area contributed by atoms with Crippen molar-refractivity contribution < 1.29 is 4.39 Å². The van der Waals surface area contributed by atoms with E-state index in [2.05, 4.69) is 48.5 Å². The predicted octanol–water partition coefficient (Wildman–Crippen LogP) is 6.77. The molecule has 0 amide bonds. The van der Waals surface area contributed by atoms with E-state index in [0.717, 1.165) is 6.42 Å². The SMILES string of the molecule is CC.CCc1ccc(F)cc1.c1ccc(-c2ccccc2)cc1. The fourth-order valence-corrected chi connectivity index (χ4v) is 1.98. The lowest BCUT2D eigenvalue weighted by Gasteiger charge is -1.98. The van der Waals surface area contributed by atoms with E-state index in [1.54, 1.807) is 12.1 Å². The second-order valence-electron chi connectivity index (χ2n) is 4.71. The highest BCUT2D eigenvalue weighted by Crippen LogP contribution is 2.17. The summed E-state index contributed by atoms with van der Waals surface area (Å²) in [5.41, 5.74) is 3.73. The molecule has 0 heterocycles. The van der Waals surface area contributed by atoms with Crippen molar-refractivity contribution in [2.75, 3.05) is 0 Å². The Hall–Kier alpha value is -2.41. The van der Waals surface area contributed by atoms with Crippen molar-refractivity contribution in [3.05, 3.63) is 96.3 Å². The minimum absolute atomic E-state index is 0.160. The van der Waals surface area contributed by atoms with Gasteiger partial charge in [-0.2, -0.15) is 0 Å². The molecule has 0 aromatic heterocycles. The van der Waals surface area contributed by atoms with E-state index >= 15 is 0 Å². The summed E-state index contributed by atoms with van der Waals surface area (Å²) < 4.78 is 12.2. The molecule has 3 aromatic rings. The first-order valence-corrected chi connectivity index (χ1v) is 8.14. The molecule has 0 saturated carbocycles. The summed E-state index contributed by atoms with van der Waals surface area (Å²) in [6.45, 7) is 6.05. The molecule has 0 fully saturated rings. The van der Waals surface area contributed by atoms with Crippen LogP contribution in [0.25, 0.3) is 11.1 Å². The molecule has 0 bridgehead atoms.